The van der Waals surface area contributed by atoms with E-state index in [0.29, 0.717) is 5.56 Å². The highest BCUT2D eigenvalue weighted by Gasteiger charge is 2.34. The smallest absolute Gasteiger partial charge is 0.343 e. The van der Waals surface area contributed by atoms with E-state index in [1.165, 1.54) is 37.4 Å². The quantitative estimate of drug-likeness (QED) is 0.696. The number of fused-ring (bicyclic) bond motifs is 1. The average Bonchev–Trinajstić information content (AvgIpc) is 2.54. The van der Waals surface area contributed by atoms with Crippen molar-refractivity contribution < 1.29 is 28.6 Å². The highest BCUT2D eigenvalue weighted by Crippen LogP contribution is 2.36. The Labute approximate surface area is 131 Å². The maximum absolute atomic E-state index is 12.9. The standard InChI is InChI=1S/C17H13FO5/c1-22-12-7-4-10-8-13(23-17(21)14(10)16(12)20)15(19)9-2-5-11(18)6-3-9/h2-7,13,20H,8H2,1H3. The van der Waals surface area contributed by atoms with Gasteiger partial charge in [0.05, 0.1) is 7.11 Å². The zero-order chi connectivity index (χ0) is 16.6. The number of phenols is 1. The number of esters is 1. The lowest BCUT2D eigenvalue weighted by atomic mass is 9.93. The molecule has 1 aliphatic rings. The van der Waals surface area contributed by atoms with Crippen LogP contribution in [0.25, 0.3) is 0 Å². The third-order valence-corrected chi connectivity index (χ3v) is 3.73. The predicted molar refractivity (Wildman–Crippen MR) is 78.3 cm³/mol. The topological polar surface area (TPSA) is 72.8 Å². The molecule has 0 spiro atoms. The van der Waals surface area contributed by atoms with Gasteiger partial charge in [-0.05, 0) is 35.9 Å². The van der Waals surface area contributed by atoms with Crippen LogP contribution in [0.5, 0.6) is 11.5 Å². The number of Topliss-reactive ketones (excluding diaryl/α,β-unsaturated/α-hetero) is 1. The number of halogens is 1. The summed E-state index contributed by atoms with van der Waals surface area (Å²) < 4.78 is 23.0. The second-order valence-electron chi connectivity index (χ2n) is 5.12. The molecule has 0 saturated carbocycles. The number of hydrogen-bond donors (Lipinski definition) is 1. The van der Waals surface area contributed by atoms with Gasteiger partial charge in [0, 0.05) is 12.0 Å². The molecule has 23 heavy (non-hydrogen) atoms. The van der Waals surface area contributed by atoms with E-state index in [1.807, 2.05) is 0 Å². The Balaban J connectivity index is 1.92. The van der Waals surface area contributed by atoms with E-state index >= 15 is 0 Å². The maximum atomic E-state index is 12.9. The summed E-state index contributed by atoms with van der Waals surface area (Å²) in [5.41, 5.74) is 0.762. The van der Waals surface area contributed by atoms with Gasteiger partial charge in [-0.1, -0.05) is 6.07 Å². The van der Waals surface area contributed by atoms with Gasteiger partial charge in [-0.2, -0.15) is 0 Å². The highest BCUT2D eigenvalue weighted by molar-refractivity contribution is 6.04. The number of phenolic OH excluding ortho intramolecular Hbond substituents is 1. The summed E-state index contributed by atoms with van der Waals surface area (Å²) in [7, 11) is 1.37. The summed E-state index contributed by atoms with van der Waals surface area (Å²) in [5.74, 6) is -1.81. The van der Waals surface area contributed by atoms with Crippen LogP contribution in [0.4, 0.5) is 4.39 Å². The Kier molecular flexibility index (Phi) is 3.73. The molecular weight excluding hydrogens is 303 g/mol. The number of carbonyl (C=O) groups is 2. The predicted octanol–water partition coefficient (Wildman–Crippen LogP) is 2.50. The van der Waals surface area contributed by atoms with Crippen LogP contribution >= 0.6 is 0 Å². The van der Waals surface area contributed by atoms with Crippen molar-refractivity contribution in [1.29, 1.82) is 0 Å². The molecule has 1 N–H and O–H groups in total. The third-order valence-electron chi connectivity index (χ3n) is 3.73. The van der Waals surface area contributed by atoms with E-state index in [-0.39, 0.29) is 29.0 Å². The number of ketones is 1. The van der Waals surface area contributed by atoms with E-state index in [1.54, 1.807) is 6.07 Å². The fourth-order valence-corrected chi connectivity index (χ4v) is 2.55. The summed E-state index contributed by atoms with van der Waals surface area (Å²) in [6.45, 7) is 0. The molecule has 2 aromatic carbocycles. The first kappa shape index (κ1) is 15.0. The number of methoxy groups -OCH3 is 1. The van der Waals surface area contributed by atoms with E-state index < -0.39 is 23.7 Å². The Bertz CT molecular complexity index is 782. The van der Waals surface area contributed by atoms with Crippen molar-refractivity contribution in [2.24, 2.45) is 0 Å². The molecule has 1 aliphatic heterocycles. The number of cyclic esters (lactones) is 1. The van der Waals surface area contributed by atoms with Crippen LogP contribution in [0, 0.1) is 5.82 Å². The largest absolute Gasteiger partial charge is 0.504 e. The lowest BCUT2D eigenvalue weighted by Gasteiger charge is -2.24. The molecule has 1 atom stereocenters. The Morgan fingerprint density at radius 1 is 1.26 bits per heavy atom. The number of benzene rings is 2. The van der Waals surface area contributed by atoms with Gasteiger partial charge >= 0.3 is 5.97 Å². The zero-order valence-corrected chi connectivity index (χ0v) is 12.2. The van der Waals surface area contributed by atoms with E-state index in [0.717, 1.165) is 0 Å². The van der Waals surface area contributed by atoms with Gasteiger partial charge in [-0.3, -0.25) is 4.79 Å². The van der Waals surface area contributed by atoms with E-state index in [4.69, 9.17) is 9.47 Å². The molecular formula is C17H13FO5. The Hall–Kier alpha value is -2.89. The normalized spacial score (nSPS) is 16.4. The molecule has 0 aromatic heterocycles. The molecule has 0 saturated heterocycles. The fourth-order valence-electron chi connectivity index (χ4n) is 2.55. The first-order chi connectivity index (χ1) is 11.0. The van der Waals surface area contributed by atoms with Crippen molar-refractivity contribution in [3.05, 3.63) is 58.9 Å². The molecule has 1 unspecified atom stereocenters. The first-order valence-corrected chi connectivity index (χ1v) is 6.91. The average molecular weight is 316 g/mol. The van der Waals surface area contributed by atoms with Crippen molar-refractivity contribution in [2.45, 2.75) is 12.5 Å². The van der Waals surface area contributed by atoms with Crippen LogP contribution in [0.3, 0.4) is 0 Å². The SMILES string of the molecule is COc1ccc2c(c1O)C(=O)OC(C(=O)c1ccc(F)cc1)C2. The van der Waals surface area contributed by atoms with Crippen LogP contribution in [0.15, 0.2) is 36.4 Å². The maximum Gasteiger partial charge on any atom is 0.343 e. The second-order valence-corrected chi connectivity index (χ2v) is 5.12. The first-order valence-electron chi connectivity index (χ1n) is 6.91. The molecule has 3 rings (SSSR count). The number of aromatic hydroxyl groups is 1. The minimum Gasteiger partial charge on any atom is -0.504 e. The van der Waals surface area contributed by atoms with E-state index in [2.05, 4.69) is 0 Å². The molecule has 0 amide bonds. The van der Waals surface area contributed by atoms with Crippen molar-refractivity contribution >= 4 is 11.8 Å². The molecule has 6 heteroatoms. The van der Waals surface area contributed by atoms with Gasteiger partial charge in [0.2, 0.25) is 5.78 Å². The number of ether oxygens (including phenoxy) is 2. The summed E-state index contributed by atoms with van der Waals surface area (Å²) in [6.07, 6.45) is -0.872. The molecule has 1 heterocycles. The van der Waals surface area contributed by atoms with Crippen LogP contribution < -0.4 is 4.74 Å². The number of rotatable bonds is 3. The summed E-state index contributed by atoms with van der Waals surface area (Å²) in [6, 6.07) is 8.15. The van der Waals surface area contributed by atoms with Gasteiger partial charge in [0.1, 0.15) is 11.4 Å². The summed E-state index contributed by atoms with van der Waals surface area (Å²) in [5, 5.41) is 10.0. The second kappa shape index (κ2) is 5.72. The molecule has 5 nitrogen and oxygen atoms in total. The fraction of sp³-hybridized carbons (Fsp3) is 0.176. The van der Waals surface area contributed by atoms with Gasteiger partial charge in [0.25, 0.3) is 0 Å². The third kappa shape index (κ3) is 2.63. The van der Waals surface area contributed by atoms with Crippen molar-refractivity contribution in [2.75, 3.05) is 7.11 Å². The van der Waals surface area contributed by atoms with Gasteiger partial charge in [-0.15, -0.1) is 0 Å². The Morgan fingerprint density at radius 3 is 2.61 bits per heavy atom. The summed E-state index contributed by atoms with van der Waals surface area (Å²) >= 11 is 0. The highest BCUT2D eigenvalue weighted by atomic mass is 19.1. The van der Waals surface area contributed by atoms with Gasteiger partial charge < -0.3 is 14.6 Å². The van der Waals surface area contributed by atoms with Crippen molar-refractivity contribution in [3.8, 4) is 11.5 Å². The van der Waals surface area contributed by atoms with Crippen molar-refractivity contribution in [1.82, 2.24) is 0 Å². The number of hydrogen-bond acceptors (Lipinski definition) is 5. The molecule has 2 aromatic rings. The molecule has 0 bridgehead atoms. The minimum absolute atomic E-state index is 0.00695. The van der Waals surface area contributed by atoms with Crippen molar-refractivity contribution in [3.63, 3.8) is 0 Å². The Morgan fingerprint density at radius 2 is 1.96 bits per heavy atom. The van der Waals surface area contributed by atoms with Crippen LogP contribution in [-0.2, 0) is 11.2 Å². The van der Waals surface area contributed by atoms with Crippen LogP contribution in [0.1, 0.15) is 26.3 Å². The van der Waals surface area contributed by atoms with Crippen LogP contribution in [-0.4, -0.2) is 30.1 Å². The minimum atomic E-state index is -1.01. The zero-order valence-electron chi connectivity index (χ0n) is 12.2. The lowest BCUT2D eigenvalue weighted by molar-refractivity contribution is 0.0243. The molecule has 0 radical (unpaired) electrons. The number of carbonyl (C=O) groups excluding carboxylic acids is 2. The van der Waals surface area contributed by atoms with Gasteiger partial charge in [-0.25, -0.2) is 9.18 Å². The van der Waals surface area contributed by atoms with E-state index in [9.17, 15) is 19.1 Å². The van der Waals surface area contributed by atoms with Crippen LogP contribution in [0.2, 0.25) is 0 Å². The molecule has 0 aliphatic carbocycles. The summed E-state index contributed by atoms with van der Waals surface area (Å²) in [4.78, 5) is 24.5. The molecule has 0 fully saturated rings. The van der Waals surface area contributed by atoms with Gasteiger partial charge in [0.15, 0.2) is 17.6 Å². The monoisotopic (exact) mass is 316 g/mol. The molecule has 118 valence electrons. The lowest BCUT2D eigenvalue weighted by Crippen LogP contribution is -2.34.